The van der Waals surface area contributed by atoms with Crippen molar-refractivity contribution in [3.05, 3.63) is 0 Å². The van der Waals surface area contributed by atoms with Crippen LogP contribution in [-0.4, -0.2) is 41.3 Å². The van der Waals surface area contributed by atoms with Crippen LogP contribution >= 0.6 is 11.8 Å². The molecule has 0 aromatic carbocycles. The Morgan fingerprint density at radius 3 is 2.50 bits per heavy atom. The van der Waals surface area contributed by atoms with Crippen LogP contribution < -0.4 is 5.73 Å². The molecule has 1 fully saturated rings. The van der Waals surface area contributed by atoms with E-state index in [0.29, 0.717) is 19.5 Å². The zero-order valence-corrected chi connectivity index (χ0v) is 12.0. The molecule has 0 bridgehead atoms. The highest BCUT2D eigenvalue weighted by Crippen LogP contribution is 2.18. The van der Waals surface area contributed by atoms with Crippen LogP contribution in [0.1, 0.15) is 39.0 Å². The third-order valence-electron chi connectivity index (χ3n) is 3.35. The Balaban J connectivity index is 2.14. The van der Waals surface area contributed by atoms with E-state index < -0.39 is 0 Å². The molecule has 0 aromatic heterocycles. The van der Waals surface area contributed by atoms with Crippen molar-refractivity contribution in [3.63, 3.8) is 0 Å². The minimum Gasteiger partial charge on any atom is -0.369 e. The second-order valence-corrected chi connectivity index (χ2v) is 6.00. The fraction of sp³-hybridized carbons (Fsp3) is 0.846. The molecular formula is C13H24N2O2S. The van der Waals surface area contributed by atoms with Crippen molar-refractivity contribution in [2.24, 2.45) is 11.7 Å². The van der Waals surface area contributed by atoms with E-state index in [2.05, 4.69) is 6.92 Å². The molecule has 5 heteroatoms. The molecule has 104 valence electrons. The summed E-state index contributed by atoms with van der Waals surface area (Å²) in [5.74, 6) is 2.02. The molecule has 1 heterocycles. The second kappa shape index (κ2) is 8.40. The highest BCUT2D eigenvalue weighted by atomic mass is 32.2. The van der Waals surface area contributed by atoms with Gasteiger partial charge in [-0.3, -0.25) is 9.59 Å². The molecule has 2 N–H and O–H groups in total. The molecule has 0 spiro atoms. The van der Waals surface area contributed by atoms with E-state index in [4.69, 9.17) is 5.73 Å². The Kier molecular flexibility index (Phi) is 7.16. The SMILES string of the molecule is CCCCSCCC(=O)N1CCC(C(N)=O)CC1. The monoisotopic (exact) mass is 272 g/mol. The number of carbonyl (C=O) groups is 2. The van der Waals surface area contributed by atoms with Crippen molar-refractivity contribution in [2.45, 2.75) is 39.0 Å². The number of nitrogens with zero attached hydrogens (tertiary/aromatic N) is 1. The Labute approximate surface area is 114 Å². The van der Waals surface area contributed by atoms with Crippen molar-refractivity contribution in [1.82, 2.24) is 4.90 Å². The van der Waals surface area contributed by atoms with Crippen molar-refractivity contribution in [1.29, 1.82) is 0 Å². The first kappa shape index (κ1) is 15.3. The standard InChI is InChI=1S/C13H24N2O2S/c1-2-3-9-18-10-6-12(16)15-7-4-11(5-8-15)13(14)17/h11H,2-10H2,1H3,(H2,14,17). The first-order valence-electron chi connectivity index (χ1n) is 6.80. The summed E-state index contributed by atoms with van der Waals surface area (Å²) in [4.78, 5) is 24.8. The van der Waals surface area contributed by atoms with Crippen LogP contribution in [0.4, 0.5) is 0 Å². The molecule has 0 aromatic rings. The molecule has 18 heavy (non-hydrogen) atoms. The number of hydrogen-bond donors (Lipinski definition) is 1. The number of primary amides is 1. The summed E-state index contributed by atoms with van der Waals surface area (Å²) in [5, 5.41) is 0. The number of piperidine rings is 1. The number of likely N-dealkylation sites (tertiary alicyclic amines) is 1. The topological polar surface area (TPSA) is 63.4 Å². The predicted molar refractivity (Wildman–Crippen MR) is 75.3 cm³/mol. The van der Waals surface area contributed by atoms with Gasteiger partial charge in [0.05, 0.1) is 0 Å². The van der Waals surface area contributed by atoms with Crippen LogP contribution in [0.3, 0.4) is 0 Å². The fourth-order valence-electron chi connectivity index (χ4n) is 2.08. The normalized spacial score (nSPS) is 16.8. The van der Waals surface area contributed by atoms with Crippen molar-refractivity contribution in [2.75, 3.05) is 24.6 Å². The highest BCUT2D eigenvalue weighted by Gasteiger charge is 2.25. The predicted octanol–water partition coefficient (Wildman–Crippen LogP) is 1.63. The van der Waals surface area contributed by atoms with Gasteiger partial charge in [0.15, 0.2) is 0 Å². The Hall–Kier alpha value is -0.710. The lowest BCUT2D eigenvalue weighted by Crippen LogP contribution is -2.41. The number of nitrogens with two attached hydrogens (primary N) is 1. The highest BCUT2D eigenvalue weighted by molar-refractivity contribution is 7.99. The maximum atomic E-state index is 11.9. The van der Waals surface area contributed by atoms with Gasteiger partial charge < -0.3 is 10.6 Å². The summed E-state index contributed by atoms with van der Waals surface area (Å²) in [6, 6.07) is 0. The van der Waals surface area contributed by atoms with Gasteiger partial charge in [-0.25, -0.2) is 0 Å². The number of rotatable bonds is 7. The summed E-state index contributed by atoms with van der Waals surface area (Å²) >= 11 is 1.85. The van der Waals surface area contributed by atoms with Gasteiger partial charge in [0.2, 0.25) is 11.8 Å². The third-order valence-corrected chi connectivity index (χ3v) is 4.42. The van der Waals surface area contributed by atoms with E-state index >= 15 is 0 Å². The second-order valence-electron chi connectivity index (χ2n) is 4.77. The van der Waals surface area contributed by atoms with E-state index in [9.17, 15) is 9.59 Å². The van der Waals surface area contributed by atoms with Crippen molar-refractivity contribution in [3.8, 4) is 0 Å². The smallest absolute Gasteiger partial charge is 0.223 e. The zero-order valence-electron chi connectivity index (χ0n) is 11.2. The molecular weight excluding hydrogens is 248 g/mol. The summed E-state index contributed by atoms with van der Waals surface area (Å²) in [5.41, 5.74) is 5.27. The number of amides is 2. The largest absolute Gasteiger partial charge is 0.369 e. The van der Waals surface area contributed by atoms with Crippen LogP contribution in [0.2, 0.25) is 0 Å². The number of carbonyl (C=O) groups excluding carboxylic acids is 2. The molecule has 1 aliphatic rings. The van der Waals surface area contributed by atoms with Gasteiger partial charge in [0.1, 0.15) is 0 Å². The van der Waals surface area contributed by atoms with Gasteiger partial charge in [-0.1, -0.05) is 13.3 Å². The molecule has 1 saturated heterocycles. The van der Waals surface area contributed by atoms with Crippen LogP contribution in [-0.2, 0) is 9.59 Å². The Morgan fingerprint density at radius 2 is 1.94 bits per heavy atom. The van der Waals surface area contributed by atoms with Crippen molar-refractivity contribution >= 4 is 23.6 Å². The van der Waals surface area contributed by atoms with E-state index in [1.807, 2.05) is 16.7 Å². The average molecular weight is 272 g/mol. The van der Waals surface area contributed by atoms with Gasteiger partial charge in [-0.05, 0) is 25.0 Å². The first-order chi connectivity index (χ1) is 8.65. The van der Waals surface area contributed by atoms with Crippen LogP contribution in [0.5, 0.6) is 0 Å². The van der Waals surface area contributed by atoms with Gasteiger partial charge in [0, 0.05) is 31.2 Å². The number of thioether (sulfide) groups is 1. The third kappa shape index (κ3) is 5.29. The minimum atomic E-state index is -0.225. The molecule has 0 saturated carbocycles. The lowest BCUT2D eigenvalue weighted by molar-refractivity contribution is -0.134. The molecule has 0 radical (unpaired) electrons. The fourth-order valence-corrected chi connectivity index (χ4v) is 3.10. The van der Waals surface area contributed by atoms with Crippen LogP contribution in [0.15, 0.2) is 0 Å². The van der Waals surface area contributed by atoms with E-state index in [-0.39, 0.29) is 17.7 Å². The maximum Gasteiger partial charge on any atom is 0.223 e. The Bertz CT molecular complexity index is 276. The lowest BCUT2D eigenvalue weighted by Gasteiger charge is -2.30. The summed E-state index contributed by atoms with van der Waals surface area (Å²) in [7, 11) is 0. The van der Waals surface area contributed by atoms with Crippen molar-refractivity contribution < 1.29 is 9.59 Å². The summed E-state index contributed by atoms with van der Waals surface area (Å²) in [6.07, 6.45) is 4.51. The molecule has 0 aliphatic carbocycles. The first-order valence-corrected chi connectivity index (χ1v) is 7.95. The van der Waals surface area contributed by atoms with E-state index in [1.54, 1.807) is 0 Å². The molecule has 2 amide bonds. The van der Waals surface area contributed by atoms with Gasteiger partial charge in [-0.15, -0.1) is 0 Å². The quantitative estimate of drug-likeness (QED) is 0.717. The minimum absolute atomic E-state index is 0.0343. The number of hydrogen-bond acceptors (Lipinski definition) is 3. The van der Waals surface area contributed by atoms with Gasteiger partial charge in [0.25, 0.3) is 0 Å². The van der Waals surface area contributed by atoms with Crippen LogP contribution in [0, 0.1) is 5.92 Å². The summed E-state index contributed by atoms with van der Waals surface area (Å²) in [6.45, 7) is 3.55. The molecule has 1 aliphatic heterocycles. The lowest BCUT2D eigenvalue weighted by atomic mass is 9.96. The molecule has 4 nitrogen and oxygen atoms in total. The van der Waals surface area contributed by atoms with Crippen LogP contribution in [0.25, 0.3) is 0 Å². The maximum absolute atomic E-state index is 11.9. The van der Waals surface area contributed by atoms with Gasteiger partial charge in [-0.2, -0.15) is 11.8 Å². The molecule has 1 rings (SSSR count). The number of unbranched alkanes of at least 4 members (excludes halogenated alkanes) is 1. The van der Waals surface area contributed by atoms with E-state index in [0.717, 1.165) is 24.3 Å². The van der Waals surface area contributed by atoms with Gasteiger partial charge >= 0.3 is 0 Å². The molecule has 0 unspecified atom stereocenters. The molecule has 0 atom stereocenters. The van der Waals surface area contributed by atoms with E-state index in [1.165, 1.54) is 12.8 Å². The zero-order chi connectivity index (χ0) is 13.4. The average Bonchev–Trinajstić information content (AvgIpc) is 2.38. The summed E-state index contributed by atoms with van der Waals surface area (Å²) < 4.78 is 0. The Morgan fingerprint density at radius 1 is 1.28 bits per heavy atom.